The van der Waals surface area contributed by atoms with E-state index in [2.05, 4.69) is 12.1 Å². The highest BCUT2D eigenvalue weighted by atomic mass is 32.2. The molecule has 1 unspecified atom stereocenters. The van der Waals surface area contributed by atoms with Crippen molar-refractivity contribution in [3.63, 3.8) is 0 Å². The molecule has 18 heavy (non-hydrogen) atoms. The van der Waals surface area contributed by atoms with E-state index >= 15 is 0 Å². The number of carbonyl (C=O) groups is 1. The van der Waals surface area contributed by atoms with Gasteiger partial charge in [0.05, 0.1) is 0 Å². The van der Waals surface area contributed by atoms with Crippen molar-refractivity contribution in [2.75, 3.05) is 0 Å². The summed E-state index contributed by atoms with van der Waals surface area (Å²) in [5.74, 6) is 0.220. The van der Waals surface area contributed by atoms with Gasteiger partial charge in [-0.05, 0) is 31.5 Å². The predicted molar refractivity (Wildman–Crippen MR) is 75.2 cm³/mol. The summed E-state index contributed by atoms with van der Waals surface area (Å²) in [5, 5.41) is 0. The van der Waals surface area contributed by atoms with Crippen molar-refractivity contribution in [1.29, 1.82) is 0 Å². The van der Waals surface area contributed by atoms with Gasteiger partial charge in [0.2, 0.25) is 0 Å². The van der Waals surface area contributed by atoms with Crippen molar-refractivity contribution in [2.24, 2.45) is 0 Å². The van der Waals surface area contributed by atoms with Crippen molar-refractivity contribution in [2.45, 2.75) is 23.5 Å². The average molecular weight is 254 g/mol. The SMILES string of the molecule is Cc1ccc2c(c1)C(=O)C(C)(c1ccccc1)S2. The van der Waals surface area contributed by atoms with Gasteiger partial charge in [0.25, 0.3) is 0 Å². The fourth-order valence-corrected chi connectivity index (χ4v) is 3.67. The monoisotopic (exact) mass is 254 g/mol. The number of ketones is 1. The standard InChI is InChI=1S/C16H14OS/c1-11-8-9-14-13(10-11)15(17)16(2,18-14)12-6-4-3-5-7-12/h3-10H,1-2H3. The molecule has 0 radical (unpaired) electrons. The second-order valence-electron chi connectivity index (χ2n) is 4.83. The van der Waals surface area contributed by atoms with Gasteiger partial charge in [0.15, 0.2) is 5.78 Å². The Morgan fingerprint density at radius 3 is 2.50 bits per heavy atom. The van der Waals surface area contributed by atoms with Crippen LogP contribution in [0.4, 0.5) is 0 Å². The smallest absolute Gasteiger partial charge is 0.184 e. The number of hydrogen-bond acceptors (Lipinski definition) is 2. The molecule has 2 heteroatoms. The van der Waals surface area contributed by atoms with Crippen LogP contribution in [0.3, 0.4) is 0 Å². The molecule has 2 aromatic carbocycles. The van der Waals surface area contributed by atoms with Crippen molar-refractivity contribution >= 4 is 17.5 Å². The van der Waals surface area contributed by atoms with E-state index in [9.17, 15) is 4.79 Å². The van der Waals surface area contributed by atoms with E-state index in [4.69, 9.17) is 0 Å². The summed E-state index contributed by atoms with van der Waals surface area (Å²) in [5.41, 5.74) is 3.08. The number of thioether (sulfide) groups is 1. The van der Waals surface area contributed by atoms with Gasteiger partial charge in [-0.25, -0.2) is 0 Å². The molecule has 1 nitrogen and oxygen atoms in total. The maximum Gasteiger partial charge on any atom is 0.184 e. The molecule has 90 valence electrons. The van der Waals surface area contributed by atoms with Gasteiger partial charge >= 0.3 is 0 Å². The van der Waals surface area contributed by atoms with E-state index in [0.29, 0.717) is 0 Å². The summed E-state index contributed by atoms with van der Waals surface area (Å²) in [6, 6.07) is 16.1. The predicted octanol–water partition coefficient (Wildman–Crippen LogP) is 4.20. The van der Waals surface area contributed by atoms with Crippen LogP contribution in [0.1, 0.15) is 28.4 Å². The van der Waals surface area contributed by atoms with Gasteiger partial charge < -0.3 is 0 Å². The highest BCUT2D eigenvalue weighted by Gasteiger charge is 2.43. The number of fused-ring (bicyclic) bond motifs is 1. The van der Waals surface area contributed by atoms with E-state index in [1.165, 1.54) is 0 Å². The van der Waals surface area contributed by atoms with Crippen LogP contribution in [0, 0.1) is 6.92 Å². The van der Waals surface area contributed by atoms with Crippen LogP contribution < -0.4 is 0 Å². The number of hydrogen-bond donors (Lipinski definition) is 0. The van der Waals surface area contributed by atoms with Gasteiger partial charge in [-0.1, -0.05) is 42.0 Å². The van der Waals surface area contributed by atoms with Gasteiger partial charge in [-0.2, -0.15) is 0 Å². The van der Waals surface area contributed by atoms with E-state index in [0.717, 1.165) is 21.6 Å². The quantitative estimate of drug-likeness (QED) is 0.758. The Balaban J connectivity index is 2.12. The second-order valence-corrected chi connectivity index (χ2v) is 6.29. The molecule has 2 aromatic rings. The number of benzene rings is 2. The second kappa shape index (κ2) is 3.99. The molecule has 0 saturated heterocycles. The van der Waals surface area contributed by atoms with E-state index in [-0.39, 0.29) is 5.78 Å². The first-order valence-corrected chi connectivity index (χ1v) is 6.83. The zero-order valence-electron chi connectivity index (χ0n) is 10.4. The largest absolute Gasteiger partial charge is 0.292 e. The highest BCUT2D eigenvalue weighted by Crippen LogP contribution is 2.51. The molecule has 1 atom stereocenters. The molecule has 0 bridgehead atoms. The lowest BCUT2D eigenvalue weighted by atomic mass is 9.91. The molecule has 0 N–H and O–H groups in total. The molecule has 1 aliphatic rings. The lowest BCUT2D eigenvalue weighted by molar-refractivity contribution is 0.0953. The summed E-state index contributed by atoms with van der Waals surface area (Å²) in [7, 11) is 0. The molecule has 1 heterocycles. The van der Waals surface area contributed by atoms with E-state index in [1.54, 1.807) is 11.8 Å². The van der Waals surface area contributed by atoms with Crippen LogP contribution in [0.25, 0.3) is 0 Å². The number of aryl methyl sites for hydroxylation is 1. The number of Topliss-reactive ketones (excluding diaryl/α,β-unsaturated/α-hetero) is 1. The van der Waals surface area contributed by atoms with Gasteiger partial charge in [0, 0.05) is 10.5 Å². The van der Waals surface area contributed by atoms with Crippen LogP contribution in [-0.4, -0.2) is 5.78 Å². The summed E-state index contributed by atoms with van der Waals surface area (Å²) in [6.45, 7) is 4.04. The Labute approximate surface area is 111 Å². The molecule has 0 aromatic heterocycles. The first-order valence-electron chi connectivity index (χ1n) is 6.01. The van der Waals surface area contributed by atoms with Gasteiger partial charge in [0.1, 0.15) is 4.75 Å². The lowest BCUT2D eigenvalue weighted by Gasteiger charge is -2.21. The lowest BCUT2D eigenvalue weighted by Crippen LogP contribution is -2.24. The minimum Gasteiger partial charge on any atom is -0.292 e. The molecule has 0 fully saturated rings. The van der Waals surface area contributed by atoms with Crippen molar-refractivity contribution in [1.82, 2.24) is 0 Å². The van der Waals surface area contributed by atoms with Crippen molar-refractivity contribution in [3.8, 4) is 0 Å². The van der Waals surface area contributed by atoms with E-state index in [1.807, 2.05) is 50.2 Å². The summed E-state index contributed by atoms with van der Waals surface area (Å²) in [4.78, 5) is 13.7. The van der Waals surface area contributed by atoms with Crippen LogP contribution in [0.2, 0.25) is 0 Å². The molecule has 0 spiro atoms. The van der Waals surface area contributed by atoms with E-state index < -0.39 is 4.75 Å². The third kappa shape index (κ3) is 1.60. The zero-order chi connectivity index (χ0) is 12.8. The molecule has 0 saturated carbocycles. The van der Waals surface area contributed by atoms with Crippen LogP contribution in [-0.2, 0) is 4.75 Å². The summed E-state index contributed by atoms with van der Waals surface area (Å²) in [6.07, 6.45) is 0. The fourth-order valence-electron chi connectivity index (χ4n) is 2.38. The number of rotatable bonds is 1. The number of carbonyl (C=O) groups excluding carboxylic acids is 1. The minimum absolute atomic E-state index is 0.220. The fraction of sp³-hybridized carbons (Fsp3) is 0.188. The Kier molecular flexibility index (Phi) is 2.56. The van der Waals surface area contributed by atoms with Crippen LogP contribution >= 0.6 is 11.8 Å². The molecule has 0 aliphatic carbocycles. The zero-order valence-corrected chi connectivity index (χ0v) is 11.3. The molecule has 1 aliphatic heterocycles. The third-order valence-electron chi connectivity index (χ3n) is 3.45. The Morgan fingerprint density at radius 2 is 1.78 bits per heavy atom. The molecular weight excluding hydrogens is 240 g/mol. The maximum absolute atomic E-state index is 12.7. The maximum atomic E-state index is 12.7. The third-order valence-corrected chi connectivity index (χ3v) is 4.86. The van der Waals surface area contributed by atoms with Crippen LogP contribution in [0.5, 0.6) is 0 Å². The molecule has 3 rings (SSSR count). The molecule has 0 amide bonds. The molecular formula is C16H14OS. The van der Waals surface area contributed by atoms with Crippen molar-refractivity contribution < 1.29 is 4.79 Å². The Bertz CT molecular complexity index is 618. The Morgan fingerprint density at radius 1 is 1.06 bits per heavy atom. The average Bonchev–Trinajstić information content (AvgIpc) is 2.65. The minimum atomic E-state index is -0.475. The summed E-state index contributed by atoms with van der Waals surface area (Å²) < 4.78 is -0.475. The van der Waals surface area contributed by atoms with Gasteiger partial charge in [-0.3, -0.25) is 4.79 Å². The van der Waals surface area contributed by atoms with Crippen LogP contribution in [0.15, 0.2) is 53.4 Å². The topological polar surface area (TPSA) is 17.1 Å². The first-order chi connectivity index (χ1) is 8.61. The summed E-state index contributed by atoms with van der Waals surface area (Å²) >= 11 is 1.66. The highest BCUT2D eigenvalue weighted by molar-refractivity contribution is 8.01. The first kappa shape index (κ1) is 11.5. The normalized spacial score (nSPS) is 22.0. The van der Waals surface area contributed by atoms with Crippen molar-refractivity contribution in [3.05, 3.63) is 65.2 Å². The van der Waals surface area contributed by atoms with Gasteiger partial charge in [-0.15, -0.1) is 11.8 Å². The Hall–Kier alpha value is -1.54.